The Hall–Kier alpha value is -3.61. The maximum atomic E-state index is 14.8. The smallest absolute Gasteiger partial charge is 0.410 e. The van der Waals surface area contributed by atoms with Crippen molar-refractivity contribution in [2.75, 3.05) is 18.1 Å². The molecule has 0 aliphatic carbocycles. The van der Waals surface area contributed by atoms with Crippen LogP contribution < -0.4 is 20.5 Å². The predicted molar refractivity (Wildman–Crippen MR) is 152 cm³/mol. The number of carboxylic acid groups (broad SMARTS) is 1. The number of aromatic nitrogens is 1. The number of hydrogen-bond acceptors (Lipinski definition) is 7. The fourth-order valence-electron chi connectivity index (χ4n) is 4.47. The number of ether oxygens (including phenoxy) is 2. The molecule has 3 N–H and O–H groups in total. The number of carbonyl (C=O) groups is 3. The quantitative estimate of drug-likeness (QED) is 0.270. The van der Waals surface area contributed by atoms with Gasteiger partial charge < -0.3 is 19.5 Å². The number of anilines is 1. The minimum atomic E-state index is -1.21. The van der Waals surface area contributed by atoms with Gasteiger partial charge in [0.1, 0.15) is 18.1 Å². The van der Waals surface area contributed by atoms with Gasteiger partial charge in [-0.1, -0.05) is 29.3 Å². The summed E-state index contributed by atoms with van der Waals surface area (Å²) in [6.07, 6.45) is 1.29. The highest BCUT2D eigenvalue weighted by atomic mass is 35.5. The van der Waals surface area contributed by atoms with Crippen LogP contribution in [0.15, 0.2) is 37.1 Å². The van der Waals surface area contributed by atoms with Gasteiger partial charge in [0.25, 0.3) is 11.8 Å². The Labute approximate surface area is 247 Å². The van der Waals surface area contributed by atoms with Crippen LogP contribution in [-0.2, 0) is 4.74 Å². The number of carbonyl (C=O) groups excluding carboxylic acids is 2. The van der Waals surface area contributed by atoms with E-state index in [0.717, 1.165) is 17.0 Å². The number of pyridine rings is 1. The first-order chi connectivity index (χ1) is 19.2. The zero-order chi connectivity index (χ0) is 30.6. The highest BCUT2D eigenvalue weighted by molar-refractivity contribution is 6.34. The lowest BCUT2D eigenvalue weighted by Gasteiger charge is -2.30. The van der Waals surface area contributed by atoms with Crippen molar-refractivity contribution in [1.82, 2.24) is 20.7 Å². The molecule has 0 spiro atoms. The number of halogens is 3. The molecule has 41 heavy (non-hydrogen) atoms. The van der Waals surface area contributed by atoms with Crippen molar-refractivity contribution >= 4 is 46.9 Å². The summed E-state index contributed by atoms with van der Waals surface area (Å²) >= 11 is 12.6. The van der Waals surface area contributed by atoms with E-state index < -0.39 is 41.6 Å². The Morgan fingerprint density at radius 2 is 1.90 bits per heavy atom. The summed E-state index contributed by atoms with van der Waals surface area (Å²) < 4.78 is 26.1. The molecule has 1 fully saturated rings. The zero-order valence-corrected chi connectivity index (χ0v) is 24.7. The van der Waals surface area contributed by atoms with Gasteiger partial charge in [0.05, 0.1) is 33.3 Å². The Balaban J connectivity index is 1.66. The average molecular weight is 612 g/mol. The van der Waals surface area contributed by atoms with Crippen LogP contribution in [0.1, 0.15) is 55.3 Å². The summed E-state index contributed by atoms with van der Waals surface area (Å²) in [5.74, 6) is -2.33. The zero-order valence-electron chi connectivity index (χ0n) is 23.2. The van der Waals surface area contributed by atoms with Gasteiger partial charge in [-0.05, 0) is 46.8 Å². The van der Waals surface area contributed by atoms with E-state index in [0.29, 0.717) is 12.4 Å². The lowest BCUT2D eigenvalue weighted by Crippen LogP contribution is -2.49. The van der Waals surface area contributed by atoms with E-state index in [9.17, 15) is 23.9 Å². The molecule has 1 aliphatic heterocycles. The van der Waals surface area contributed by atoms with E-state index >= 15 is 0 Å². The maximum Gasteiger partial charge on any atom is 0.410 e. The molecule has 0 radical (unpaired) electrons. The second kappa shape index (κ2) is 12.9. The fourth-order valence-corrected chi connectivity index (χ4v) is 4.98. The third-order valence-electron chi connectivity index (χ3n) is 6.40. The van der Waals surface area contributed by atoms with E-state index in [1.165, 1.54) is 12.3 Å². The minimum absolute atomic E-state index is 0.0748. The lowest BCUT2D eigenvalue weighted by molar-refractivity contribution is -0.0621. The predicted octanol–water partition coefficient (Wildman–Crippen LogP) is 4.89. The number of hydrazine groups is 1. The Morgan fingerprint density at radius 1 is 1.24 bits per heavy atom. The molecule has 1 saturated heterocycles. The van der Waals surface area contributed by atoms with Crippen LogP contribution in [0.3, 0.4) is 0 Å². The molecule has 0 saturated carbocycles. The van der Waals surface area contributed by atoms with Crippen molar-refractivity contribution in [2.24, 2.45) is 0 Å². The first-order valence-corrected chi connectivity index (χ1v) is 13.4. The summed E-state index contributed by atoms with van der Waals surface area (Å²) in [7, 11) is 0. The van der Waals surface area contributed by atoms with Crippen molar-refractivity contribution in [2.45, 2.75) is 58.5 Å². The standard InChI is InChI=1S/C27H32Cl2FN5O6/c1-7-8-34(14(2)3)23-19(29)9-16(12-31-23)24(36)32-33-25(37)17-10-20(30)22(11-18(17)28)40-13-21-15(4)41-27(5,6)35(21)26(38)39/h7,9-12,14-15,21H,1,8,13H2,2-6H3,(H,32,36)(H,33,37)(H,38,39). The van der Waals surface area contributed by atoms with E-state index in [4.69, 9.17) is 32.7 Å². The molecule has 222 valence electrons. The lowest BCUT2D eigenvalue weighted by atomic mass is 10.1. The molecule has 2 aromatic rings. The highest BCUT2D eigenvalue weighted by Gasteiger charge is 2.48. The van der Waals surface area contributed by atoms with Gasteiger partial charge in [0.2, 0.25) is 0 Å². The second-order valence-corrected chi connectivity index (χ2v) is 10.8. The maximum absolute atomic E-state index is 14.8. The van der Waals surface area contributed by atoms with Gasteiger partial charge in [-0.2, -0.15) is 0 Å². The molecule has 1 aromatic carbocycles. The van der Waals surface area contributed by atoms with Crippen LogP contribution in [0.2, 0.25) is 10.0 Å². The monoisotopic (exact) mass is 611 g/mol. The molecule has 11 nitrogen and oxygen atoms in total. The van der Waals surface area contributed by atoms with Crippen LogP contribution in [0.25, 0.3) is 0 Å². The number of nitrogens with one attached hydrogen (secondary N) is 2. The van der Waals surface area contributed by atoms with Gasteiger partial charge in [0, 0.05) is 24.8 Å². The second-order valence-electron chi connectivity index (χ2n) is 10.0. The van der Waals surface area contributed by atoms with Gasteiger partial charge in [-0.3, -0.25) is 25.3 Å². The molecule has 0 bridgehead atoms. The largest absolute Gasteiger partial charge is 0.488 e. The average Bonchev–Trinajstić information content (AvgIpc) is 3.13. The van der Waals surface area contributed by atoms with E-state index in [2.05, 4.69) is 22.4 Å². The number of benzene rings is 1. The molecular formula is C27H32Cl2FN5O6. The first kappa shape index (κ1) is 31.9. The van der Waals surface area contributed by atoms with E-state index in [-0.39, 0.29) is 39.6 Å². The molecule has 3 amide bonds. The topological polar surface area (TPSA) is 133 Å². The number of rotatable bonds is 9. The van der Waals surface area contributed by atoms with Crippen molar-refractivity contribution in [3.63, 3.8) is 0 Å². The van der Waals surface area contributed by atoms with Gasteiger partial charge in [-0.25, -0.2) is 14.2 Å². The molecular weight excluding hydrogens is 580 g/mol. The molecule has 2 atom stereocenters. The van der Waals surface area contributed by atoms with Crippen molar-refractivity contribution in [3.05, 3.63) is 64.0 Å². The summed E-state index contributed by atoms with van der Waals surface area (Å²) in [5.41, 5.74) is 3.11. The van der Waals surface area contributed by atoms with Gasteiger partial charge in [-0.15, -0.1) is 6.58 Å². The third kappa shape index (κ3) is 7.19. The molecule has 1 aliphatic rings. The number of nitrogens with zero attached hydrogens (tertiary/aromatic N) is 3. The molecule has 2 unspecified atom stereocenters. The van der Waals surface area contributed by atoms with Crippen molar-refractivity contribution in [3.8, 4) is 5.75 Å². The van der Waals surface area contributed by atoms with Crippen LogP contribution >= 0.6 is 23.2 Å². The normalized spacial score (nSPS) is 17.7. The summed E-state index contributed by atoms with van der Waals surface area (Å²) in [5, 5.41) is 9.65. The van der Waals surface area contributed by atoms with Gasteiger partial charge >= 0.3 is 6.09 Å². The summed E-state index contributed by atoms with van der Waals surface area (Å²) in [6, 6.07) is 2.71. The Morgan fingerprint density at radius 3 is 2.49 bits per heavy atom. The SMILES string of the molecule is C=CCN(c1ncc(C(=O)NNC(=O)c2cc(F)c(OCC3C(C)OC(C)(C)N3C(=O)O)cc2Cl)cc1Cl)C(C)C. The molecule has 3 rings (SSSR count). The Kier molecular flexibility index (Phi) is 10.1. The number of amides is 3. The van der Waals surface area contributed by atoms with E-state index in [1.54, 1.807) is 26.8 Å². The summed E-state index contributed by atoms with van der Waals surface area (Å²) in [4.78, 5) is 44.3. The van der Waals surface area contributed by atoms with Crippen LogP contribution in [0.5, 0.6) is 5.75 Å². The highest BCUT2D eigenvalue weighted by Crippen LogP contribution is 2.33. The van der Waals surface area contributed by atoms with Crippen molar-refractivity contribution in [1.29, 1.82) is 0 Å². The first-order valence-electron chi connectivity index (χ1n) is 12.6. The van der Waals surface area contributed by atoms with Gasteiger partial charge in [0.15, 0.2) is 11.6 Å². The third-order valence-corrected chi connectivity index (χ3v) is 7.00. The number of hydrogen-bond donors (Lipinski definition) is 3. The molecule has 2 heterocycles. The molecule has 1 aromatic heterocycles. The van der Waals surface area contributed by atoms with E-state index in [1.807, 2.05) is 18.7 Å². The van der Waals surface area contributed by atoms with Crippen LogP contribution in [0.4, 0.5) is 15.0 Å². The van der Waals surface area contributed by atoms with Crippen molar-refractivity contribution < 1.29 is 33.4 Å². The Bertz CT molecular complexity index is 1340. The molecule has 14 heteroatoms. The summed E-state index contributed by atoms with van der Waals surface area (Å²) in [6.45, 7) is 12.8. The van der Waals surface area contributed by atoms with Crippen LogP contribution in [-0.4, -0.2) is 70.0 Å². The fraction of sp³-hybridized carbons (Fsp3) is 0.407. The minimum Gasteiger partial charge on any atom is -0.488 e. The van der Waals surface area contributed by atoms with Crippen LogP contribution in [0, 0.1) is 5.82 Å².